The van der Waals surface area contributed by atoms with Crippen molar-refractivity contribution in [2.24, 2.45) is 0 Å². The van der Waals surface area contributed by atoms with Crippen molar-refractivity contribution in [3.63, 3.8) is 0 Å². The second-order valence-corrected chi connectivity index (χ2v) is 8.36. The van der Waals surface area contributed by atoms with E-state index in [0.29, 0.717) is 5.82 Å². The second kappa shape index (κ2) is 6.68. The number of aromatic nitrogens is 3. The zero-order valence-corrected chi connectivity index (χ0v) is 16.6. The lowest BCUT2D eigenvalue weighted by Crippen LogP contribution is -2.46. The van der Waals surface area contributed by atoms with Crippen molar-refractivity contribution in [3.8, 4) is 5.88 Å². The number of rotatable bonds is 3. The highest BCUT2D eigenvalue weighted by Crippen LogP contribution is 2.40. The summed E-state index contributed by atoms with van der Waals surface area (Å²) >= 11 is 5.09. The second-order valence-electron chi connectivity index (χ2n) is 6.44. The van der Waals surface area contributed by atoms with Gasteiger partial charge in [0.2, 0.25) is 10.8 Å². The van der Waals surface area contributed by atoms with E-state index in [0.717, 1.165) is 46.1 Å². The van der Waals surface area contributed by atoms with Crippen LogP contribution in [0.4, 0.5) is 0 Å². The van der Waals surface area contributed by atoms with Crippen LogP contribution in [0, 0.1) is 6.92 Å². The first-order chi connectivity index (χ1) is 12.0. The normalized spacial score (nSPS) is 18.0. The highest BCUT2D eigenvalue weighted by molar-refractivity contribution is 9.10. The monoisotopic (exact) mass is 421 g/mol. The molecule has 1 aliphatic rings. The Kier molecular flexibility index (Phi) is 4.53. The Balaban J connectivity index is 1.81. The molecule has 0 amide bonds. The number of thiazole rings is 1. The van der Waals surface area contributed by atoms with E-state index in [2.05, 4.69) is 55.0 Å². The number of hydrogen-bond donors (Lipinski definition) is 1. The first kappa shape index (κ1) is 17.0. The lowest BCUT2D eigenvalue weighted by molar-refractivity contribution is 0.127. The maximum Gasteiger partial charge on any atom is 0.230 e. The van der Waals surface area contributed by atoms with Gasteiger partial charge in [0.15, 0.2) is 0 Å². The van der Waals surface area contributed by atoms with Gasteiger partial charge in [-0.2, -0.15) is 4.52 Å². The van der Waals surface area contributed by atoms with Crippen molar-refractivity contribution in [1.82, 2.24) is 24.4 Å². The molecule has 3 heterocycles. The molecular formula is C17H20BrN5OS. The Hall–Kier alpha value is -1.48. The standard InChI is InChI=1S/C17H20BrN5OS/c1-11-19-17-23(20-11)16(24)15(25-17)14(12-4-3-5-13(18)10-12)22-8-6-21(2)7-9-22/h3-5,10,14,24H,6-9H2,1-2H3. The molecule has 1 unspecified atom stereocenters. The van der Waals surface area contributed by atoms with Crippen LogP contribution in [0.25, 0.3) is 4.96 Å². The van der Waals surface area contributed by atoms with Crippen molar-refractivity contribution >= 4 is 32.2 Å². The molecule has 1 atom stereocenters. The van der Waals surface area contributed by atoms with Crippen LogP contribution in [0.15, 0.2) is 28.7 Å². The molecular weight excluding hydrogens is 402 g/mol. The first-order valence-corrected chi connectivity index (χ1v) is 9.87. The number of aromatic hydroxyl groups is 1. The number of likely N-dealkylation sites (N-methyl/N-ethyl adjacent to an activating group) is 1. The highest BCUT2D eigenvalue weighted by Gasteiger charge is 2.31. The molecule has 0 radical (unpaired) electrons. The molecule has 8 heteroatoms. The minimum Gasteiger partial charge on any atom is -0.492 e. The highest BCUT2D eigenvalue weighted by atomic mass is 79.9. The summed E-state index contributed by atoms with van der Waals surface area (Å²) in [4.78, 5) is 10.8. The van der Waals surface area contributed by atoms with Gasteiger partial charge in [-0.1, -0.05) is 39.4 Å². The summed E-state index contributed by atoms with van der Waals surface area (Å²) < 4.78 is 2.59. The van der Waals surface area contributed by atoms with Gasteiger partial charge in [0.25, 0.3) is 0 Å². The van der Waals surface area contributed by atoms with E-state index in [1.54, 1.807) is 4.52 Å². The molecule has 0 bridgehead atoms. The van der Waals surface area contributed by atoms with Gasteiger partial charge in [-0.15, -0.1) is 5.10 Å². The van der Waals surface area contributed by atoms with E-state index in [9.17, 15) is 5.11 Å². The van der Waals surface area contributed by atoms with Crippen LogP contribution >= 0.6 is 27.3 Å². The lowest BCUT2D eigenvalue weighted by atomic mass is 10.0. The molecule has 0 saturated carbocycles. The number of hydrogen-bond acceptors (Lipinski definition) is 6. The van der Waals surface area contributed by atoms with Gasteiger partial charge in [-0.25, -0.2) is 4.98 Å². The number of halogens is 1. The number of piperazine rings is 1. The van der Waals surface area contributed by atoms with Crippen LogP contribution < -0.4 is 0 Å². The fourth-order valence-corrected chi connectivity index (χ4v) is 4.89. The predicted octanol–water partition coefficient (Wildman–Crippen LogP) is 2.90. The number of fused-ring (bicyclic) bond motifs is 1. The third-order valence-electron chi connectivity index (χ3n) is 4.62. The summed E-state index contributed by atoms with van der Waals surface area (Å²) in [5, 5.41) is 15.1. The van der Waals surface area contributed by atoms with Gasteiger partial charge in [0.1, 0.15) is 5.82 Å². The molecule has 1 aliphatic heterocycles. The van der Waals surface area contributed by atoms with E-state index in [1.165, 1.54) is 11.3 Å². The Morgan fingerprint density at radius 3 is 2.68 bits per heavy atom. The van der Waals surface area contributed by atoms with Gasteiger partial charge in [0, 0.05) is 30.7 Å². The van der Waals surface area contributed by atoms with Crippen molar-refractivity contribution in [2.75, 3.05) is 33.2 Å². The smallest absolute Gasteiger partial charge is 0.230 e. The van der Waals surface area contributed by atoms with Gasteiger partial charge >= 0.3 is 0 Å². The molecule has 25 heavy (non-hydrogen) atoms. The fourth-order valence-electron chi connectivity index (χ4n) is 3.31. The van der Waals surface area contributed by atoms with Crippen LogP contribution in [0.5, 0.6) is 5.88 Å². The van der Waals surface area contributed by atoms with E-state index >= 15 is 0 Å². The number of nitrogens with zero attached hydrogens (tertiary/aromatic N) is 5. The summed E-state index contributed by atoms with van der Waals surface area (Å²) in [6.07, 6.45) is 0. The van der Waals surface area contributed by atoms with Crippen molar-refractivity contribution in [1.29, 1.82) is 0 Å². The van der Waals surface area contributed by atoms with E-state index in [1.807, 2.05) is 19.1 Å². The van der Waals surface area contributed by atoms with E-state index in [-0.39, 0.29) is 11.9 Å². The number of aryl methyl sites for hydroxylation is 1. The Bertz CT molecular complexity index is 900. The van der Waals surface area contributed by atoms with E-state index in [4.69, 9.17) is 0 Å². The summed E-state index contributed by atoms with van der Waals surface area (Å²) in [6.45, 7) is 5.79. The third-order valence-corrected chi connectivity index (χ3v) is 6.19. The molecule has 4 rings (SSSR count). The van der Waals surface area contributed by atoms with Crippen LogP contribution in [0.1, 0.15) is 22.3 Å². The summed E-state index contributed by atoms with van der Waals surface area (Å²) in [6, 6.07) is 8.31. The largest absolute Gasteiger partial charge is 0.492 e. The summed E-state index contributed by atoms with van der Waals surface area (Å²) in [7, 11) is 2.15. The molecule has 3 aromatic rings. The van der Waals surface area contributed by atoms with Crippen LogP contribution in [-0.2, 0) is 0 Å². The SMILES string of the molecule is Cc1nc2sc(C(c3cccc(Br)c3)N3CCN(C)CC3)c(O)n2n1. The van der Waals surface area contributed by atoms with Crippen LogP contribution in [-0.4, -0.2) is 62.7 Å². The minimum atomic E-state index is 0.00000567. The van der Waals surface area contributed by atoms with Gasteiger partial charge < -0.3 is 10.0 Å². The third kappa shape index (κ3) is 3.19. The molecule has 2 aromatic heterocycles. The molecule has 1 N–H and O–H groups in total. The fraction of sp³-hybridized carbons (Fsp3) is 0.412. The van der Waals surface area contributed by atoms with Crippen molar-refractivity contribution < 1.29 is 5.11 Å². The minimum absolute atomic E-state index is 0.00000567. The molecule has 1 fully saturated rings. The molecule has 0 spiro atoms. The predicted molar refractivity (Wildman–Crippen MR) is 102 cm³/mol. The van der Waals surface area contributed by atoms with Crippen LogP contribution in [0.2, 0.25) is 0 Å². The lowest BCUT2D eigenvalue weighted by Gasteiger charge is -2.37. The van der Waals surface area contributed by atoms with Gasteiger partial charge in [-0.3, -0.25) is 4.90 Å². The average Bonchev–Trinajstić information content (AvgIpc) is 3.08. The molecule has 1 saturated heterocycles. The quantitative estimate of drug-likeness (QED) is 0.704. The van der Waals surface area contributed by atoms with Gasteiger partial charge in [-0.05, 0) is 31.7 Å². The maximum absolute atomic E-state index is 10.8. The molecule has 0 aliphatic carbocycles. The first-order valence-electron chi connectivity index (χ1n) is 8.26. The average molecular weight is 422 g/mol. The number of benzene rings is 1. The maximum atomic E-state index is 10.8. The Labute approximate surface area is 158 Å². The topological polar surface area (TPSA) is 56.9 Å². The van der Waals surface area contributed by atoms with Crippen molar-refractivity contribution in [3.05, 3.63) is 45.0 Å². The molecule has 1 aromatic carbocycles. The van der Waals surface area contributed by atoms with E-state index < -0.39 is 0 Å². The zero-order valence-electron chi connectivity index (χ0n) is 14.2. The molecule has 6 nitrogen and oxygen atoms in total. The summed E-state index contributed by atoms with van der Waals surface area (Å²) in [5.41, 5.74) is 1.16. The van der Waals surface area contributed by atoms with Gasteiger partial charge in [0.05, 0.1) is 10.9 Å². The summed E-state index contributed by atoms with van der Waals surface area (Å²) in [5.74, 6) is 0.871. The van der Waals surface area contributed by atoms with Crippen molar-refractivity contribution in [2.45, 2.75) is 13.0 Å². The molecule has 132 valence electrons. The zero-order chi connectivity index (χ0) is 17.6. The Morgan fingerprint density at radius 1 is 1.24 bits per heavy atom. The van der Waals surface area contributed by atoms with Crippen LogP contribution in [0.3, 0.4) is 0 Å². The Morgan fingerprint density at radius 2 is 2.00 bits per heavy atom.